The first-order chi connectivity index (χ1) is 21.3. The van der Waals surface area contributed by atoms with E-state index in [9.17, 15) is 55.9 Å². The number of hydrogen-bond acceptors (Lipinski definition) is 17. The van der Waals surface area contributed by atoms with E-state index in [1.54, 1.807) is 0 Å². The summed E-state index contributed by atoms with van der Waals surface area (Å²) < 4.78 is 32.9. The van der Waals surface area contributed by atoms with Crippen LogP contribution in [0.1, 0.15) is 6.92 Å². The highest BCUT2D eigenvalue weighted by Crippen LogP contribution is 2.44. The Morgan fingerprint density at radius 2 is 1.51 bits per heavy atom. The van der Waals surface area contributed by atoms with Gasteiger partial charge in [-0.25, -0.2) is 0 Å². The molecule has 17 nitrogen and oxygen atoms in total. The third-order valence-electron chi connectivity index (χ3n) is 7.67. The second-order valence-electron chi connectivity index (χ2n) is 10.5. The monoisotopic (exact) mass is 640 g/mol. The lowest BCUT2D eigenvalue weighted by molar-refractivity contribution is -0.354. The van der Waals surface area contributed by atoms with Crippen LogP contribution in [-0.2, 0) is 14.2 Å². The Hall–Kier alpha value is -3.91. The number of ether oxygens (including phenoxy) is 5. The average Bonchev–Trinajstić information content (AvgIpc) is 3.02. The molecule has 10 N–H and O–H groups in total. The Balaban J connectivity index is 1.55. The van der Waals surface area contributed by atoms with Crippen LogP contribution in [0.4, 0.5) is 0 Å². The van der Waals surface area contributed by atoms with Gasteiger partial charge in [-0.05, 0) is 25.1 Å². The molecule has 2 aliphatic rings. The summed E-state index contributed by atoms with van der Waals surface area (Å²) in [7, 11) is 1.26. The smallest absolute Gasteiger partial charge is 0.238 e. The summed E-state index contributed by atoms with van der Waals surface area (Å²) in [6.45, 7) is 0.552. The van der Waals surface area contributed by atoms with Gasteiger partial charge in [0.2, 0.25) is 23.2 Å². The van der Waals surface area contributed by atoms with Crippen molar-refractivity contribution in [2.45, 2.75) is 68.3 Å². The van der Waals surface area contributed by atoms with E-state index in [-0.39, 0.29) is 17.1 Å². The molecule has 2 aliphatic heterocycles. The summed E-state index contributed by atoms with van der Waals surface area (Å²) in [5.74, 6) is -4.09. The Morgan fingerprint density at radius 3 is 2.18 bits per heavy atom. The second-order valence-corrected chi connectivity index (χ2v) is 10.5. The van der Waals surface area contributed by atoms with Crippen LogP contribution in [0, 0.1) is 0 Å². The van der Waals surface area contributed by atoms with Crippen molar-refractivity contribution in [1.29, 1.82) is 0 Å². The molecule has 0 unspecified atom stereocenters. The van der Waals surface area contributed by atoms with Crippen LogP contribution in [-0.4, -0.2) is 126 Å². The minimum Gasteiger partial charge on any atom is -0.507 e. The SMILES string of the molecule is COc1cc(-c2oc3c(O)c(O[C@@H]4O[C@H](CO)[C@H](O)[C@H](O)[C@H]4O[C@@H]4O[C@@H](C)[C@H](O)[C@H](O)[C@H]4O)cc(O)c3c(=O)c2O)ccc1O. The van der Waals surface area contributed by atoms with Crippen LogP contribution in [0.15, 0.2) is 33.5 Å². The molecular formula is C28H32O17. The molecule has 0 spiro atoms. The van der Waals surface area contributed by atoms with Gasteiger partial charge in [-0.2, -0.15) is 0 Å². The number of aliphatic hydroxyl groups excluding tert-OH is 6. The number of hydrogen-bond donors (Lipinski definition) is 10. The largest absolute Gasteiger partial charge is 0.507 e. The lowest BCUT2D eigenvalue weighted by Gasteiger charge is -2.45. The lowest BCUT2D eigenvalue weighted by atomic mass is 9.97. The van der Waals surface area contributed by atoms with Crippen molar-refractivity contribution in [3.63, 3.8) is 0 Å². The van der Waals surface area contributed by atoms with Gasteiger partial charge in [0.05, 0.1) is 19.8 Å². The van der Waals surface area contributed by atoms with Crippen molar-refractivity contribution in [3.8, 4) is 45.8 Å². The highest BCUT2D eigenvalue weighted by molar-refractivity contribution is 5.93. The van der Waals surface area contributed by atoms with E-state index in [4.69, 9.17) is 28.1 Å². The summed E-state index contributed by atoms with van der Waals surface area (Å²) in [6, 6.07) is 4.46. The fourth-order valence-electron chi connectivity index (χ4n) is 5.11. The van der Waals surface area contributed by atoms with Crippen molar-refractivity contribution >= 4 is 11.0 Å². The minimum atomic E-state index is -1.89. The molecule has 0 amide bonds. The maximum atomic E-state index is 13.0. The van der Waals surface area contributed by atoms with E-state index in [1.165, 1.54) is 32.2 Å². The van der Waals surface area contributed by atoms with Crippen molar-refractivity contribution in [2.24, 2.45) is 0 Å². The van der Waals surface area contributed by atoms with Gasteiger partial charge in [-0.15, -0.1) is 0 Å². The zero-order chi connectivity index (χ0) is 32.9. The van der Waals surface area contributed by atoms with Crippen LogP contribution in [0.25, 0.3) is 22.3 Å². The van der Waals surface area contributed by atoms with Gasteiger partial charge in [-0.3, -0.25) is 4.79 Å². The summed E-state index contributed by atoms with van der Waals surface area (Å²) in [5, 5.41) is 103. The number of phenols is 3. The summed E-state index contributed by atoms with van der Waals surface area (Å²) in [6.07, 6.45) is -16.5. The molecule has 0 radical (unpaired) electrons. The molecule has 246 valence electrons. The number of aromatic hydroxyl groups is 4. The molecule has 17 heteroatoms. The van der Waals surface area contributed by atoms with Crippen molar-refractivity contribution in [2.75, 3.05) is 13.7 Å². The standard InChI is InChI=1S/C28H32O17/c1-8-16(32)20(36)23(39)27(41-8)45-26-21(37)17(33)14(7-29)43-28(26)42-13-6-11(31)15-19(35)22(38)24(44-25(15)18(13)34)9-3-4-10(30)12(5-9)40-2/h3-6,8,14,16-17,20-21,23,26-34,36-39H,7H2,1-2H3/t8-,14+,16-,17-,20-,21-,23+,26+,27-,28+/m0/s1. The number of methoxy groups -OCH3 is 1. The molecule has 0 saturated carbocycles. The maximum absolute atomic E-state index is 13.0. The number of rotatable bonds is 7. The van der Waals surface area contributed by atoms with E-state index in [0.29, 0.717) is 0 Å². The van der Waals surface area contributed by atoms with Crippen LogP contribution in [0.5, 0.6) is 34.5 Å². The molecule has 2 aromatic carbocycles. The third-order valence-corrected chi connectivity index (χ3v) is 7.67. The summed E-state index contributed by atoms with van der Waals surface area (Å²) >= 11 is 0. The summed E-state index contributed by atoms with van der Waals surface area (Å²) in [5.41, 5.74) is -1.78. The van der Waals surface area contributed by atoms with Crippen molar-refractivity contribution < 1.29 is 79.2 Å². The van der Waals surface area contributed by atoms with Gasteiger partial charge in [0, 0.05) is 11.6 Å². The third kappa shape index (κ3) is 5.69. The average molecular weight is 641 g/mol. The van der Waals surface area contributed by atoms with Gasteiger partial charge in [0.1, 0.15) is 47.8 Å². The van der Waals surface area contributed by atoms with Gasteiger partial charge in [0.25, 0.3) is 0 Å². The molecular weight excluding hydrogens is 608 g/mol. The highest BCUT2D eigenvalue weighted by Gasteiger charge is 2.51. The molecule has 3 heterocycles. The van der Waals surface area contributed by atoms with E-state index in [0.717, 1.165) is 6.07 Å². The van der Waals surface area contributed by atoms with Crippen molar-refractivity contribution in [3.05, 3.63) is 34.5 Å². The molecule has 0 aliphatic carbocycles. The molecule has 5 rings (SSSR count). The zero-order valence-corrected chi connectivity index (χ0v) is 23.6. The number of fused-ring (bicyclic) bond motifs is 1. The number of aliphatic hydroxyl groups is 6. The minimum absolute atomic E-state index is 0.0333. The van der Waals surface area contributed by atoms with E-state index < -0.39 is 113 Å². The fourth-order valence-corrected chi connectivity index (χ4v) is 5.11. The highest BCUT2D eigenvalue weighted by atomic mass is 16.8. The zero-order valence-electron chi connectivity index (χ0n) is 23.6. The second kappa shape index (κ2) is 12.5. The molecule has 1 aromatic heterocycles. The number of phenolic OH excluding ortho intramolecular Hbond substituents is 3. The first-order valence-electron chi connectivity index (χ1n) is 13.5. The Labute approximate surface area is 252 Å². The number of benzene rings is 2. The topological polar surface area (TPSA) is 279 Å². The predicted octanol–water partition coefficient (Wildman–Crippen LogP) is -1.68. The normalized spacial score (nSPS) is 32.0. The van der Waals surface area contributed by atoms with Crippen LogP contribution >= 0.6 is 0 Å². The molecule has 0 bridgehead atoms. The van der Waals surface area contributed by atoms with Gasteiger partial charge in [0.15, 0.2) is 41.0 Å². The van der Waals surface area contributed by atoms with E-state index >= 15 is 0 Å². The predicted molar refractivity (Wildman–Crippen MR) is 147 cm³/mol. The Bertz CT molecular complexity index is 1610. The lowest BCUT2D eigenvalue weighted by Crippen LogP contribution is -2.64. The van der Waals surface area contributed by atoms with Gasteiger partial charge < -0.3 is 79.2 Å². The maximum Gasteiger partial charge on any atom is 0.238 e. The molecule has 2 saturated heterocycles. The van der Waals surface area contributed by atoms with Gasteiger partial charge >= 0.3 is 0 Å². The van der Waals surface area contributed by atoms with Gasteiger partial charge in [-0.1, -0.05) is 0 Å². The van der Waals surface area contributed by atoms with E-state index in [1.807, 2.05) is 0 Å². The Kier molecular flexibility index (Phi) is 9.00. The first-order valence-corrected chi connectivity index (χ1v) is 13.5. The van der Waals surface area contributed by atoms with E-state index in [2.05, 4.69) is 0 Å². The first kappa shape index (κ1) is 32.5. The van der Waals surface area contributed by atoms with Crippen LogP contribution < -0.4 is 14.9 Å². The van der Waals surface area contributed by atoms with Crippen LogP contribution in [0.2, 0.25) is 0 Å². The Morgan fingerprint density at radius 1 is 0.800 bits per heavy atom. The molecule has 2 fully saturated rings. The molecule has 3 aromatic rings. The summed E-state index contributed by atoms with van der Waals surface area (Å²) in [4.78, 5) is 13.0. The van der Waals surface area contributed by atoms with Crippen molar-refractivity contribution in [1.82, 2.24) is 0 Å². The molecule has 10 atom stereocenters. The molecule has 45 heavy (non-hydrogen) atoms. The quantitative estimate of drug-likeness (QED) is 0.129. The fraction of sp³-hybridized carbons (Fsp3) is 0.464. The van der Waals surface area contributed by atoms with Crippen LogP contribution in [0.3, 0.4) is 0 Å².